The lowest BCUT2D eigenvalue weighted by Gasteiger charge is -2.21. The fourth-order valence-electron chi connectivity index (χ4n) is 2.51. The van der Waals surface area contributed by atoms with Crippen LogP contribution in [0.2, 0.25) is 0 Å². The highest BCUT2D eigenvalue weighted by atomic mass is 16.5. The molecule has 1 aliphatic rings. The molecule has 0 saturated heterocycles. The molecule has 0 N–H and O–H groups in total. The van der Waals surface area contributed by atoms with Gasteiger partial charge < -0.3 is 14.4 Å². The van der Waals surface area contributed by atoms with E-state index in [9.17, 15) is 4.79 Å². The van der Waals surface area contributed by atoms with Gasteiger partial charge in [-0.2, -0.15) is 0 Å². The van der Waals surface area contributed by atoms with Crippen molar-refractivity contribution in [1.82, 2.24) is 4.90 Å². The van der Waals surface area contributed by atoms with Crippen LogP contribution in [-0.4, -0.2) is 37.1 Å². The van der Waals surface area contributed by atoms with Crippen molar-refractivity contribution in [2.24, 2.45) is 0 Å². The van der Waals surface area contributed by atoms with E-state index in [1.165, 1.54) is 0 Å². The molecule has 0 fully saturated rings. The number of carbonyl (C=O) groups excluding carboxylic acids is 1. The minimum Gasteiger partial charge on any atom is -0.490 e. The molecule has 0 saturated carbocycles. The van der Waals surface area contributed by atoms with Gasteiger partial charge in [0.15, 0.2) is 11.5 Å². The lowest BCUT2D eigenvalue weighted by atomic mass is 10.1. The standard InChI is InChI=1S/C17H25NO3/c1-3-8-18(9-4-2)17(19)13-14-6-7-15-16(12-14)21-11-5-10-20-15/h6-7,12H,3-5,8-11,13H2,1-2H3. The van der Waals surface area contributed by atoms with Crippen molar-refractivity contribution in [3.05, 3.63) is 23.8 Å². The summed E-state index contributed by atoms with van der Waals surface area (Å²) in [7, 11) is 0. The van der Waals surface area contributed by atoms with E-state index in [-0.39, 0.29) is 5.91 Å². The van der Waals surface area contributed by atoms with Crippen LogP contribution in [0.4, 0.5) is 0 Å². The van der Waals surface area contributed by atoms with Gasteiger partial charge in [-0.3, -0.25) is 4.79 Å². The summed E-state index contributed by atoms with van der Waals surface area (Å²) >= 11 is 0. The Kier molecular flexibility index (Phi) is 5.90. The van der Waals surface area contributed by atoms with Gasteiger partial charge in [0.1, 0.15) is 0 Å². The average molecular weight is 291 g/mol. The third kappa shape index (κ3) is 4.38. The second kappa shape index (κ2) is 7.91. The van der Waals surface area contributed by atoms with E-state index < -0.39 is 0 Å². The molecule has 0 atom stereocenters. The van der Waals surface area contributed by atoms with Crippen molar-refractivity contribution in [2.75, 3.05) is 26.3 Å². The average Bonchev–Trinajstić information content (AvgIpc) is 2.71. The van der Waals surface area contributed by atoms with Crippen molar-refractivity contribution in [3.63, 3.8) is 0 Å². The fourth-order valence-corrected chi connectivity index (χ4v) is 2.51. The zero-order chi connectivity index (χ0) is 15.1. The Morgan fingerprint density at radius 1 is 1.10 bits per heavy atom. The highest BCUT2D eigenvalue weighted by Crippen LogP contribution is 2.30. The zero-order valence-corrected chi connectivity index (χ0v) is 13.1. The molecule has 0 bridgehead atoms. The molecule has 0 aliphatic carbocycles. The molecule has 1 aliphatic heterocycles. The van der Waals surface area contributed by atoms with E-state index in [4.69, 9.17) is 9.47 Å². The molecule has 1 amide bonds. The van der Waals surface area contributed by atoms with E-state index in [0.717, 1.165) is 49.4 Å². The van der Waals surface area contributed by atoms with Gasteiger partial charge in [-0.1, -0.05) is 19.9 Å². The third-order valence-corrected chi connectivity index (χ3v) is 3.51. The molecule has 0 radical (unpaired) electrons. The first-order chi connectivity index (χ1) is 10.2. The number of ether oxygens (including phenoxy) is 2. The van der Waals surface area contributed by atoms with Gasteiger partial charge in [0, 0.05) is 19.5 Å². The highest BCUT2D eigenvalue weighted by molar-refractivity contribution is 5.79. The smallest absolute Gasteiger partial charge is 0.226 e. The molecule has 0 spiro atoms. The maximum atomic E-state index is 12.4. The molecule has 4 heteroatoms. The molecule has 116 valence electrons. The number of amides is 1. The normalized spacial score (nSPS) is 13.6. The monoisotopic (exact) mass is 291 g/mol. The van der Waals surface area contributed by atoms with E-state index in [1.807, 2.05) is 23.1 Å². The van der Waals surface area contributed by atoms with Gasteiger partial charge in [-0.25, -0.2) is 0 Å². The number of rotatable bonds is 6. The molecular formula is C17H25NO3. The van der Waals surface area contributed by atoms with Crippen molar-refractivity contribution < 1.29 is 14.3 Å². The van der Waals surface area contributed by atoms with Gasteiger partial charge >= 0.3 is 0 Å². The molecule has 1 aromatic carbocycles. The van der Waals surface area contributed by atoms with Crippen LogP contribution < -0.4 is 9.47 Å². The molecule has 4 nitrogen and oxygen atoms in total. The molecular weight excluding hydrogens is 266 g/mol. The summed E-state index contributed by atoms with van der Waals surface area (Å²) in [6.45, 7) is 7.22. The lowest BCUT2D eigenvalue weighted by Crippen LogP contribution is -2.33. The first kappa shape index (κ1) is 15.7. The van der Waals surface area contributed by atoms with Crippen LogP contribution in [0.25, 0.3) is 0 Å². The summed E-state index contributed by atoms with van der Waals surface area (Å²) in [4.78, 5) is 14.3. The lowest BCUT2D eigenvalue weighted by molar-refractivity contribution is -0.130. The Labute approximate surface area is 127 Å². The van der Waals surface area contributed by atoms with E-state index >= 15 is 0 Å². The summed E-state index contributed by atoms with van der Waals surface area (Å²) in [5, 5.41) is 0. The molecule has 1 aromatic rings. The summed E-state index contributed by atoms with van der Waals surface area (Å²) in [6, 6.07) is 5.81. The van der Waals surface area contributed by atoms with Crippen molar-refractivity contribution >= 4 is 5.91 Å². The zero-order valence-electron chi connectivity index (χ0n) is 13.1. The number of benzene rings is 1. The van der Waals surface area contributed by atoms with Crippen LogP contribution in [0, 0.1) is 0 Å². The Hall–Kier alpha value is -1.71. The Morgan fingerprint density at radius 2 is 1.76 bits per heavy atom. The maximum absolute atomic E-state index is 12.4. The summed E-state index contributed by atoms with van der Waals surface area (Å²) < 4.78 is 11.3. The van der Waals surface area contributed by atoms with Crippen molar-refractivity contribution in [2.45, 2.75) is 39.5 Å². The Bertz CT molecular complexity index is 467. The fraction of sp³-hybridized carbons (Fsp3) is 0.588. The van der Waals surface area contributed by atoms with E-state index in [1.54, 1.807) is 0 Å². The van der Waals surface area contributed by atoms with Gasteiger partial charge in [-0.05, 0) is 30.5 Å². The van der Waals surface area contributed by atoms with Crippen LogP contribution in [0.5, 0.6) is 11.5 Å². The topological polar surface area (TPSA) is 38.8 Å². The second-order valence-corrected chi connectivity index (χ2v) is 5.39. The molecule has 2 rings (SSSR count). The highest BCUT2D eigenvalue weighted by Gasteiger charge is 2.15. The first-order valence-corrected chi connectivity index (χ1v) is 7.91. The number of hydrogen-bond donors (Lipinski definition) is 0. The van der Waals surface area contributed by atoms with Crippen molar-refractivity contribution in [1.29, 1.82) is 0 Å². The molecule has 1 heterocycles. The largest absolute Gasteiger partial charge is 0.490 e. The maximum Gasteiger partial charge on any atom is 0.226 e. The predicted octanol–water partition coefficient (Wildman–Crippen LogP) is 3.04. The number of fused-ring (bicyclic) bond motifs is 1. The van der Waals surface area contributed by atoms with Crippen LogP contribution in [0.3, 0.4) is 0 Å². The van der Waals surface area contributed by atoms with Crippen LogP contribution in [0.15, 0.2) is 18.2 Å². The Morgan fingerprint density at radius 3 is 2.43 bits per heavy atom. The number of hydrogen-bond acceptors (Lipinski definition) is 3. The third-order valence-electron chi connectivity index (χ3n) is 3.51. The van der Waals surface area contributed by atoms with Crippen molar-refractivity contribution in [3.8, 4) is 11.5 Å². The van der Waals surface area contributed by atoms with E-state index in [2.05, 4.69) is 13.8 Å². The van der Waals surface area contributed by atoms with Crippen LogP contribution >= 0.6 is 0 Å². The number of nitrogens with zero attached hydrogens (tertiary/aromatic N) is 1. The first-order valence-electron chi connectivity index (χ1n) is 7.91. The van der Waals surface area contributed by atoms with Gasteiger partial charge in [-0.15, -0.1) is 0 Å². The van der Waals surface area contributed by atoms with Gasteiger partial charge in [0.2, 0.25) is 5.91 Å². The van der Waals surface area contributed by atoms with Crippen LogP contribution in [-0.2, 0) is 11.2 Å². The van der Waals surface area contributed by atoms with Gasteiger partial charge in [0.05, 0.1) is 19.6 Å². The van der Waals surface area contributed by atoms with E-state index in [0.29, 0.717) is 19.6 Å². The molecule has 21 heavy (non-hydrogen) atoms. The summed E-state index contributed by atoms with van der Waals surface area (Å²) in [5.41, 5.74) is 0.987. The second-order valence-electron chi connectivity index (χ2n) is 5.39. The van der Waals surface area contributed by atoms with Gasteiger partial charge in [0.25, 0.3) is 0 Å². The molecule has 0 aromatic heterocycles. The predicted molar refractivity (Wildman–Crippen MR) is 82.9 cm³/mol. The quantitative estimate of drug-likeness (QED) is 0.808. The Balaban J connectivity index is 2.04. The minimum absolute atomic E-state index is 0.188. The summed E-state index contributed by atoms with van der Waals surface area (Å²) in [5.74, 6) is 1.73. The minimum atomic E-state index is 0.188. The summed E-state index contributed by atoms with van der Waals surface area (Å²) in [6.07, 6.45) is 3.31. The molecule has 0 unspecified atom stereocenters. The SMILES string of the molecule is CCCN(CCC)C(=O)Cc1ccc2c(c1)OCCCO2. The van der Waals surface area contributed by atoms with Crippen LogP contribution in [0.1, 0.15) is 38.7 Å². The number of carbonyl (C=O) groups is 1.